The van der Waals surface area contributed by atoms with E-state index < -0.39 is 42.4 Å². The summed E-state index contributed by atoms with van der Waals surface area (Å²) >= 11 is 0. The number of rotatable bonds is 10. The highest BCUT2D eigenvalue weighted by atomic mass is 19.3. The molecule has 11 heteroatoms. The lowest BCUT2D eigenvalue weighted by Crippen LogP contribution is -2.58. The third-order valence-corrected chi connectivity index (χ3v) is 8.86. The molecule has 3 fully saturated rings. The standard InChI is InChI=1S/C26H36F6O5/c27-24(28,23(34)36-35)26(31,32)37-25(29,30)22(33)21-19(16-9-3-4-10-16)13-18(15-7-1-2-8-15)14-20(21)17-11-5-6-12-17/h13-17,19,21-23,33-35H,1-12H2. The maximum Gasteiger partial charge on any atom is 0.429 e. The van der Waals surface area contributed by atoms with Crippen molar-refractivity contribution in [3.05, 3.63) is 23.3 Å². The molecular weight excluding hydrogens is 506 g/mol. The van der Waals surface area contributed by atoms with Crippen LogP contribution in [0.25, 0.3) is 0 Å². The second-order valence-electron chi connectivity index (χ2n) is 11.1. The van der Waals surface area contributed by atoms with Crippen molar-refractivity contribution in [2.75, 3.05) is 0 Å². The Morgan fingerprint density at radius 2 is 1.30 bits per heavy atom. The summed E-state index contributed by atoms with van der Waals surface area (Å²) in [5, 5.41) is 28.1. The number of aliphatic hydroxyl groups excluding tert-OH is 2. The highest BCUT2D eigenvalue weighted by molar-refractivity contribution is 5.37. The Hall–Kier alpha value is -1.14. The summed E-state index contributed by atoms with van der Waals surface area (Å²) in [6, 6.07) is 0. The van der Waals surface area contributed by atoms with E-state index in [0.717, 1.165) is 69.8 Å². The summed E-state index contributed by atoms with van der Waals surface area (Å²) in [4.78, 5) is 2.84. The minimum absolute atomic E-state index is 0.0523. The van der Waals surface area contributed by atoms with Crippen LogP contribution in [0.2, 0.25) is 0 Å². The Morgan fingerprint density at radius 3 is 1.84 bits per heavy atom. The molecule has 0 aliphatic heterocycles. The number of halogens is 6. The van der Waals surface area contributed by atoms with E-state index in [0.29, 0.717) is 18.4 Å². The van der Waals surface area contributed by atoms with Gasteiger partial charge in [-0.2, -0.15) is 26.3 Å². The van der Waals surface area contributed by atoms with Crippen molar-refractivity contribution in [1.82, 2.24) is 0 Å². The van der Waals surface area contributed by atoms with Crippen LogP contribution in [0, 0.1) is 29.6 Å². The van der Waals surface area contributed by atoms with E-state index in [-0.39, 0.29) is 17.8 Å². The predicted molar refractivity (Wildman–Crippen MR) is 121 cm³/mol. The van der Waals surface area contributed by atoms with Gasteiger partial charge < -0.3 is 10.2 Å². The Labute approximate surface area is 212 Å². The van der Waals surface area contributed by atoms with Crippen molar-refractivity contribution in [2.24, 2.45) is 29.6 Å². The largest absolute Gasteiger partial charge is 0.429 e. The molecule has 4 aliphatic rings. The van der Waals surface area contributed by atoms with Crippen molar-refractivity contribution in [3.8, 4) is 0 Å². The molecule has 0 aromatic rings. The van der Waals surface area contributed by atoms with Gasteiger partial charge in [0.05, 0.1) is 0 Å². The Balaban J connectivity index is 1.69. The number of aliphatic hydroxyl groups is 2. The van der Waals surface area contributed by atoms with Crippen molar-refractivity contribution >= 4 is 0 Å². The van der Waals surface area contributed by atoms with Crippen molar-refractivity contribution < 1.29 is 51.4 Å². The Kier molecular flexibility index (Phi) is 8.70. The van der Waals surface area contributed by atoms with Crippen LogP contribution in [0.4, 0.5) is 26.3 Å². The predicted octanol–water partition coefficient (Wildman–Crippen LogP) is 6.66. The number of ether oxygens (including phenoxy) is 1. The number of allylic oxidation sites excluding steroid dienone is 3. The summed E-state index contributed by atoms with van der Waals surface area (Å²) in [5.74, 6) is -7.46. The van der Waals surface area contributed by atoms with E-state index >= 15 is 8.78 Å². The monoisotopic (exact) mass is 542 g/mol. The summed E-state index contributed by atoms with van der Waals surface area (Å²) in [6.07, 6.45) is -3.44. The molecule has 0 radical (unpaired) electrons. The highest BCUT2D eigenvalue weighted by Gasteiger charge is 2.69. The quantitative estimate of drug-likeness (QED) is 0.125. The average molecular weight is 543 g/mol. The molecule has 37 heavy (non-hydrogen) atoms. The maximum absolute atomic E-state index is 15.2. The lowest BCUT2D eigenvalue weighted by atomic mass is 9.65. The lowest BCUT2D eigenvalue weighted by Gasteiger charge is -2.43. The van der Waals surface area contributed by atoms with E-state index in [1.54, 1.807) is 0 Å². The molecule has 0 aromatic carbocycles. The van der Waals surface area contributed by atoms with Gasteiger partial charge in [-0.3, -0.25) is 0 Å². The van der Waals surface area contributed by atoms with Gasteiger partial charge >= 0.3 is 18.1 Å². The second kappa shape index (κ2) is 11.2. The van der Waals surface area contributed by atoms with Gasteiger partial charge in [0, 0.05) is 5.92 Å². The SMILES string of the molecule is OOC(O)C(F)(F)C(F)(F)OC(F)(F)C(O)C1C(C2CCCC2)=CC(C2CCCC2)=CC1C1CCCC1. The van der Waals surface area contributed by atoms with E-state index in [4.69, 9.17) is 10.4 Å². The van der Waals surface area contributed by atoms with Crippen LogP contribution in [0.5, 0.6) is 0 Å². The molecule has 212 valence electrons. The van der Waals surface area contributed by atoms with Crippen molar-refractivity contribution in [2.45, 2.75) is 108 Å². The fourth-order valence-corrected chi connectivity index (χ4v) is 6.93. The molecule has 0 saturated heterocycles. The first-order chi connectivity index (χ1) is 17.4. The number of hydrogen-bond donors (Lipinski definition) is 3. The fourth-order valence-electron chi connectivity index (χ4n) is 6.93. The zero-order chi connectivity index (χ0) is 27.0. The van der Waals surface area contributed by atoms with E-state index in [1.807, 2.05) is 12.2 Å². The van der Waals surface area contributed by atoms with Crippen LogP contribution in [0.15, 0.2) is 23.3 Å². The molecule has 4 unspecified atom stereocenters. The molecule has 0 bridgehead atoms. The molecule has 5 nitrogen and oxygen atoms in total. The molecule has 0 amide bonds. The fraction of sp³-hybridized carbons (Fsp3) is 0.846. The third kappa shape index (κ3) is 5.76. The van der Waals surface area contributed by atoms with Crippen LogP contribution >= 0.6 is 0 Å². The molecule has 4 aliphatic carbocycles. The number of alkyl halides is 6. The summed E-state index contributed by atoms with van der Waals surface area (Å²) in [6.45, 7) is 0. The molecule has 3 N–H and O–H groups in total. The maximum atomic E-state index is 15.2. The minimum atomic E-state index is -5.96. The minimum Gasteiger partial charge on any atom is -0.383 e. The summed E-state index contributed by atoms with van der Waals surface area (Å²) in [7, 11) is 0. The number of hydrogen-bond acceptors (Lipinski definition) is 5. The third-order valence-electron chi connectivity index (χ3n) is 8.86. The van der Waals surface area contributed by atoms with Gasteiger partial charge in [0.1, 0.15) is 0 Å². The Bertz CT molecular complexity index is 844. The van der Waals surface area contributed by atoms with Gasteiger partial charge in [0.25, 0.3) is 6.29 Å². The van der Waals surface area contributed by atoms with Crippen LogP contribution in [0.3, 0.4) is 0 Å². The van der Waals surface area contributed by atoms with Gasteiger partial charge in [0.2, 0.25) is 0 Å². The van der Waals surface area contributed by atoms with Crippen LogP contribution in [-0.2, 0) is 9.62 Å². The molecule has 0 aromatic heterocycles. The van der Waals surface area contributed by atoms with Gasteiger partial charge in [-0.05, 0) is 67.8 Å². The zero-order valence-electron chi connectivity index (χ0n) is 20.6. The smallest absolute Gasteiger partial charge is 0.383 e. The van der Waals surface area contributed by atoms with Crippen LogP contribution in [-0.4, -0.2) is 46.0 Å². The first-order valence-corrected chi connectivity index (χ1v) is 13.3. The zero-order valence-corrected chi connectivity index (χ0v) is 20.6. The molecule has 3 saturated carbocycles. The van der Waals surface area contributed by atoms with E-state index in [9.17, 15) is 22.7 Å². The molecule has 4 atom stereocenters. The summed E-state index contributed by atoms with van der Waals surface area (Å²) < 4.78 is 89.8. The van der Waals surface area contributed by atoms with Crippen molar-refractivity contribution in [3.63, 3.8) is 0 Å². The highest BCUT2D eigenvalue weighted by Crippen LogP contribution is 2.53. The summed E-state index contributed by atoms with van der Waals surface area (Å²) in [5.41, 5.74) is 1.62. The van der Waals surface area contributed by atoms with Gasteiger partial charge in [0.15, 0.2) is 6.10 Å². The second-order valence-corrected chi connectivity index (χ2v) is 11.1. The normalized spacial score (nSPS) is 29.0. The molecule has 4 rings (SSSR count). The average Bonchev–Trinajstić information content (AvgIpc) is 3.64. The lowest BCUT2D eigenvalue weighted by molar-refractivity contribution is -0.490. The molecular formula is C26H36F6O5. The first-order valence-electron chi connectivity index (χ1n) is 13.3. The first kappa shape index (κ1) is 28.9. The van der Waals surface area contributed by atoms with Gasteiger partial charge in [-0.1, -0.05) is 56.3 Å². The Morgan fingerprint density at radius 1 is 0.784 bits per heavy atom. The van der Waals surface area contributed by atoms with E-state index in [2.05, 4.69) is 9.62 Å². The van der Waals surface area contributed by atoms with Gasteiger partial charge in [-0.15, -0.1) is 0 Å². The van der Waals surface area contributed by atoms with Crippen molar-refractivity contribution in [1.29, 1.82) is 0 Å². The topological polar surface area (TPSA) is 79.2 Å². The molecule has 0 heterocycles. The van der Waals surface area contributed by atoms with Crippen LogP contribution < -0.4 is 0 Å². The van der Waals surface area contributed by atoms with E-state index in [1.165, 1.54) is 0 Å². The molecule has 0 spiro atoms. The van der Waals surface area contributed by atoms with Gasteiger partial charge in [-0.25, -0.2) is 14.9 Å². The van der Waals surface area contributed by atoms with Crippen LogP contribution in [0.1, 0.15) is 77.0 Å².